The number of amidine groups is 1. The second kappa shape index (κ2) is 6.09. The number of likely N-dealkylation sites (tertiary alicyclic amines) is 1. The van der Waals surface area contributed by atoms with Crippen molar-refractivity contribution in [3.8, 4) is 0 Å². The van der Waals surface area contributed by atoms with Gasteiger partial charge >= 0.3 is 0 Å². The van der Waals surface area contributed by atoms with Gasteiger partial charge in [0.2, 0.25) is 0 Å². The van der Waals surface area contributed by atoms with E-state index in [1.165, 1.54) is 18.2 Å². The van der Waals surface area contributed by atoms with E-state index >= 15 is 0 Å². The normalized spacial score (nSPS) is 17.3. The van der Waals surface area contributed by atoms with Gasteiger partial charge in [-0.15, -0.1) is 0 Å². The van der Waals surface area contributed by atoms with Crippen LogP contribution in [-0.2, 0) is 0 Å². The summed E-state index contributed by atoms with van der Waals surface area (Å²) in [5, 5.41) is 11.5. The number of hydrogen-bond acceptors (Lipinski definition) is 3. The zero-order valence-corrected chi connectivity index (χ0v) is 11.5. The number of rotatable bonds is 2. The van der Waals surface area contributed by atoms with E-state index < -0.39 is 5.82 Å². The van der Waals surface area contributed by atoms with Crippen molar-refractivity contribution in [1.29, 1.82) is 0 Å². The first-order valence-electron chi connectivity index (χ1n) is 6.25. The van der Waals surface area contributed by atoms with Gasteiger partial charge in [-0.25, -0.2) is 4.39 Å². The van der Waals surface area contributed by atoms with Crippen LogP contribution in [0, 0.1) is 11.7 Å². The van der Waals surface area contributed by atoms with Crippen molar-refractivity contribution < 1.29 is 14.4 Å². The fraction of sp³-hybridized carbons (Fsp3) is 0.385. The summed E-state index contributed by atoms with van der Waals surface area (Å²) in [7, 11) is 0. The maximum absolute atomic E-state index is 13.4. The summed E-state index contributed by atoms with van der Waals surface area (Å²) in [6.07, 6.45) is 1.21. The average molecular weight is 300 g/mol. The standard InChI is InChI=1S/C13H15ClFN3O2/c14-11-9(2-1-3-10(11)15)13(19)18-6-4-8(5-7-18)12(16)17-20/h1-3,8,20H,4-7H2,(H2,16,17). The van der Waals surface area contributed by atoms with Gasteiger partial charge in [0.25, 0.3) is 5.91 Å². The van der Waals surface area contributed by atoms with Crippen molar-refractivity contribution >= 4 is 23.3 Å². The quantitative estimate of drug-likeness (QED) is 0.380. The Morgan fingerprint density at radius 1 is 1.45 bits per heavy atom. The van der Waals surface area contributed by atoms with E-state index in [9.17, 15) is 9.18 Å². The molecule has 108 valence electrons. The Bertz CT molecular complexity index is 542. The third-order valence-corrected chi connectivity index (χ3v) is 3.88. The molecular weight excluding hydrogens is 285 g/mol. The molecule has 1 aromatic rings. The highest BCUT2D eigenvalue weighted by molar-refractivity contribution is 6.34. The third kappa shape index (κ3) is 2.85. The van der Waals surface area contributed by atoms with E-state index in [-0.39, 0.29) is 28.2 Å². The Morgan fingerprint density at radius 2 is 2.10 bits per heavy atom. The minimum absolute atomic E-state index is 0.0352. The fourth-order valence-electron chi connectivity index (χ4n) is 2.30. The summed E-state index contributed by atoms with van der Waals surface area (Å²) in [5.41, 5.74) is 5.71. The van der Waals surface area contributed by atoms with Crippen LogP contribution >= 0.6 is 11.6 Å². The van der Waals surface area contributed by atoms with Crippen molar-refractivity contribution in [2.75, 3.05) is 13.1 Å². The lowest BCUT2D eigenvalue weighted by atomic mass is 9.95. The number of amides is 1. The predicted octanol–water partition coefficient (Wildman–Crippen LogP) is 2.08. The zero-order chi connectivity index (χ0) is 14.7. The molecule has 0 atom stereocenters. The summed E-state index contributed by atoms with van der Waals surface area (Å²) in [6, 6.07) is 4.17. The summed E-state index contributed by atoms with van der Waals surface area (Å²) >= 11 is 5.81. The van der Waals surface area contributed by atoms with Crippen LogP contribution in [0.3, 0.4) is 0 Å². The highest BCUT2D eigenvalue weighted by atomic mass is 35.5. The Balaban J connectivity index is 2.07. The van der Waals surface area contributed by atoms with Gasteiger partial charge < -0.3 is 15.8 Å². The van der Waals surface area contributed by atoms with E-state index in [1.807, 2.05) is 0 Å². The summed E-state index contributed by atoms with van der Waals surface area (Å²) in [5.74, 6) is -0.760. The molecule has 0 aliphatic carbocycles. The number of carbonyl (C=O) groups excluding carboxylic acids is 1. The molecule has 0 bridgehead atoms. The molecule has 0 saturated carbocycles. The molecule has 1 saturated heterocycles. The molecule has 7 heteroatoms. The van der Waals surface area contributed by atoms with E-state index in [0.29, 0.717) is 25.9 Å². The fourth-order valence-corrected chi connectivity index (χ4v) is 2.51. The molecule has 1 aliphatic heterocycles. The van der Waals surface area contributed by atoms with Gasteiger partial charge in [0.15, 0.2) is 0 Å². The number of hydrogen-bond donors (Lipinski definition) is 2. The summed E-state index contributed by atoms with van der Waals surface area (Å²) < 4.78 is 13.4. The maximum Gasteiger partial charge on any atom is 0.255 e. The van der Waals surface area contributed by atoms with Crippen LogP contribution in [0.1, 0.15) is 23.2 Å². The highest BCUT2D eigenvalue weighted by Gasteiger charge is 2.27. The lowest BCUT2D eigenvalue weighted by Crippen LogP contribution is -2.41. The maximum atomic E-state index is 13.4. The molecule has 1 aromatic carbocycles. The van der Waals surface area contributed by atoms with Gasteiger partial charge in [-0.1, -0.05) is 22.8 Å². The summed E-state index contributed by atoms with van der Waals surface area (Å²) in [4.78, 5) is 13.9. The van der Waals surface area contributed by atoms with Gasteiger partial charge in [0.1, 0.15) is 11.7 Å². The predicted molar refractivity (Wildman–Crippen MR) is 73.4 cm³/mol. The largest absolute Gasteiger partial charge is 0.409 e. The monoisotopic (exact) mass is 299 g/mol. The number of benzene rings is 1. The van der Waals surface area contributed by atoms with Crippen LogP contribution in [0.15, 0.2) is 23.4 Å². The number of nitrogens with zero attached hydrogens (tertiary/aromatic N) is 2. The topological polar surface area (TPSA) is 78.9 Å². The Kier molecular flexibility index (Phi) is 4.44. The minimum Gasteiger partial charge on any atom is -0.409 e. The minimum atomic E-state index is -0.607. The van der Waals surface area contributed by atoms with Gasteiger partial charge in [0, 0.05) is 19.0 Å². The molecule has 1 fully saturated rings. The molecule has 1 aliphatic rings. The number of piperidine rings is 1. The SMILES string of the molecule is N/C(=N/O)C1CCN(C(=O)c2cccc(F)c2Cl)CC1. The van der Waals surface area contributed by atoms with Crippen LogP contribution in [0.2, 0.25) is 5.02 Å². The third-order valence-electron chi connectivity index (χ3n) is 3.50. The molecule has 0 aromatic heterocycles. The smallest absolute Gasteiger partial charge is 0.255 e. The van der Waals surface area contributed by atoms with E-state index in [0.717, 1.165) is 0 Å². The van der Waals surface area contributed by atoms with Crippen LogP contribution in [-0.4, -0.2) is 34.9 Å². The van der Waals surface area contributed by atoms with E-state index in [4.69, 9.17) is 22.5 Å². The van der Waals surface area contributed by atoms with Gasteiger partial charge in [0.05, 0.1) is 10.6 Å². The molecule has 0 radical (unpaired) electrons. The first-order valence-corrected chi connectivity index (χ1v) is 6.63. The number of halogens is 2. The molecule has 0 spiro atoms. The average Bonchev–Trinajstić information content (AvgIpc) is 2.48. The van der Waals surface area contributed by atoms with Crippen LogP contribution < -0.4 is 5.73 Å². The molecule has 3 N–H and O–H groups in total. The van der Waals surface area contributed by atoms with Gasteiger partial charge in [-0.3, -0.25) is 4.79 Å². The first kappa shape index (κ1) is 14.6. The Morgan fingerprint density at radius 3 is 2.70 bits per heavy atom. The molecule has 5 nitrogen and oxygen atoms in total. The van der Waals surface area contributed by atoms with E-state index in [1.54, 1.807) is 4.90 Å². The van der Waals surface area contributed by atoms with Crippen molar-refractivity contribution in [3.05, 3.63) is 34.6 Å². The molecule has 0 unspecified atom stereocenters. The zero-order valence-electron chi connectivity index (χ0n) is 10.7. The number of nitrogens with two attached hydrogens (primary N) is 1. The van der Waals surface area contributed by atoms with Crippen molar-refractivity contribution in [3.63, 3.8) is 0 Å². The molecular formula is C13H15ClFN3O2. The second-order valence-electron chi connectivity index (χ2n) is 4.69. The van der Waals surface area contributed by atoms with Gasteiger partial charge in [-0.05, 0) is 25.0 Å². The van der Waals surface area contributed by atoms with Crippen LogP contribution in [0.5, 0.6) is 0 Å². The lowest BCUT2D eigenvalue weighted by Gasteiger charge is -2.31. The van der Waals surface area contributed by atoms with Gasteiger partial charge in [-0.2, -0.15) is 0 Å². The molecule has 1 heterocycles. The highest BCUT2D eigenvalue weighted by Crippen LogP contribution is 2.24. The van der Waals surface area contributed by atoms with Crippen LogP contribution in [0.25, 0.3) is 0 Å². The second-order valence-corrected chi connectivity index (χ2v) is 5.07. The van der Waals surface area contributed by atoms with Crippen molar-refractivity contribution in [2.45, 2.75) is 12.8 Å². The first-order chi connectivity index (χ1) is 9.54. The van der Waals surface area contributed by atoms with Crippen molar-refractivity contribution in [2.24, 2.45) is 16.8 Å². The Labute approximate surface area is 120 Å². The molecule has 1 amide bonds. The number of carbonyl (C=O) groups is 1. The van der Waals surface area contributed by atoms with Crippen molar-refractivity contribution in [1.82, 2.24) is 4.90 Å². The number of oxime groups is 1. The van der Waals surface area contributed by atoms with E-state index in [2.05, 4.69) is 5.16 Å². The molecule has 20 heavy (non-hydrogen) atoms. The van der Waals surface area contributed by atoms with Crippen LogP contribution in [0.4, 0.5) is 4.39 Å². The molecule has 2 rings (SSSR count). The Hall–Kier alpha value is -1.82. The summed E-state index contributed by atoms with van der Waals surface area (Å²) in [6.45, 7) is 0.930. The lowest BCUT2D eigenvalue weighted by molar-refractivity contribution is 0.0708.